The first-order valence-corrected chi connectivity index (χ1v) is 27.6. The van der Waals surface area contributed by atoms with Crippen molar-refractivity contribution in [1.29, 1.82) is 0 Å². The van der Waals surface area contributed by atoms with Gasteiger partial charge in [0.25, 0.3) is 0 Å². The topological polar surface area (TPSA) is 18.5 Å². The number of hydrogen-bond donors (Lipinski definition) is 0. The van der Waals surface area contributed by atoms with Crippen LogP contribution in [0.4, 0.5) is 0 Å². The van der Waals surface area contributed by atoms with Crippen LogP contribution in [-0.4, -0.2) is 42.0 Å². The highest BCUT2D eigenvalue weighted by atomic mass is 31.1. The molecule has 4 heteroatoms. The number of ether oxygens (including phenoxy) is 2. The lowest BCUT2D eigenvalue weighted by Gasteiger charge is -2.44. The molecule has 3 aromatic rings. The number of allylic oxidation sites excluding steroid dienone is 3. The Morgan fingerprint density at radius 2 is 1.02 bits per heavy atom. The Morgan fingerprint density at radius 1 is 0.500 bits per heavy atom. The molecule has 2 unspecified atom stereocenters. The number of fused-ring (bicyclic) bond motifs is 2. The Bertz CT molecular complexity index is 1760. The van der Waals surface area contributed by atoms with Crippen LogP contribution in [0.3, 0.4) is 0 Å². The van der Waals surface area contributed by atoms with Gasteiger partial charge in [-0.25, -0.2) is 0 Å². The molecular weight excluding hydrogens is 743 g/mol. The second kappa shape index (κ2) is 20.4. The van der Waals surface area contributed by atoms with Crippen LogP contribution in [-0.2, 0) is 10.9 Å². The Hall–Kier alpha value is -2.40. The Balaban J connectivity index is 1.25. The number of benzene rings is 3. The molecule has 1 aliphatic heterocycles. The van der Waals surface area contributed by atoms with Crippen LogP contribution < -0.4 is 4.74 Å². The molecule has 0 spiro atoms. The molecule has 2 atom stereocenters. The fourth-order valence-electron chi connectivity index (χ4n) is 12.3. The monoisotopic (exact) mass is 815 g/mol. The SMILES string of the molecule is C1=CC(c2ccccc2)C(CP(C2CCCCC2)C2CCCCC2)C2=C1OCCCCOc1ccc(-c3ccccc3)c(CP(C3CCCCC3)C3CCCCC3)c12. The first kappa shape index (κ1) is 41.0. The summed E-state index contributed by atoms with van der Waals surface area (Å²) in [6.07, 6.45) is 38.4. The average molecular weight is 815 g/mol. The lowest BCUT2D eigenvalue weighted by molar-refractivity contribution is 0.201. The van der Waals surface area contributed by atoms with E-state index in [4.69, 9.17) is 9.47 Å². The highest BCUT2D eigenvalue weighted by Gasteiger charge is 2.41. The Labute approximate surface area is 354 Å². The molecule has 310 valence electrons. The van der Waals surface area contributed by atoms with Crippen molar-refractivity contribution in [3.8, 4) is 16.9 Å². The van der Waals surface area contributed by atoms with Crippen molar-refractivity contribution in [3.05, 3.63) is 107 Å². The van der Waals surface area contributed by atoms with Crippen LogP contribution in [0.5, 0.6) is 5.75 Å². The molecule has 6 aliphatic rings. The molecule has 58 heavy (non-hydrogen) atoms. The average Bonchev–Trinajstić information content (AvgIpc) is 3.30. The molecule has 0 N–H and O–H groups in total. The van der Waals surface area contributed by atoms with Gasteiger partial charge in [0, 0.05) is 23.0 Å². The first-order valence-electron chi connectivity index (χ1n) is 24.3. The highest BCUT2D eigenvalue weighted by molar-refractivity contribution is 7.59. The van der Waals surface area contributed by atoms with Crippen LogP contribution in [0.25, 0.3) is 16.7 Å². The van der Waals surface area contributed by atoms with E-state index in [0.717, 1.165) is 60.2 Å². The van der Waals surface area contributed by atoms with Gasteiger partial charge in [0.1, 0.15) is 11.5 Å². The summed E-state index contributed by atoms with van der Waals surface area (Å²) in [4.78, 5) is 0. The summed E-state index contributed by atoms with van der Waals surface area (Å²) in [5, 5.41) is 0. The molecule has 4 fully saturated rings. The lowest BCUT2D eigenvalue weighted by atomic mass is 9.74. The summed E-state index contributed by atoms with van der Waals surface area (Å²) in [7, 11) is -0.331. The number of hydrogen-bond acceptors (Lipinski definition) is 2. The third-order valence-electron chi connectivity index (χ3n) is 15.3. The zero-order valence-electron chi connectivity index (χ0n) is 35.6. The van der Waals surface area contributed by atoms with E-state index in [1.807, 2.05) is 0 Å². The van der Waals surface area contributed by atoms with E-state index in [9.17, 15) is 0 Å². The second-order valence-electron chi connectivity index (χ2n) is 19.0. The zero-order chi connectivity index (χ0) is 38.9. The third kappa shape index (κ3) is 9.55. The minimum absolute atomic E-state index is 0.144. The summed E-state index contributed by atoms with van der Waals surface area (Å²) in [5.74, 6) is 3.02. The maximum absolute atomic E-state index is 7.15. The van der Waals surface area contributed by atoms with Crippen molar-refractivity contribution >= 4 is 21.4 Å². The van der Waals surface area contributed by atoms with Gasteiger partial charge in [-0.3, -0.25) is 0 Å². The Kier molecular flexibility index (Phi) is 14.4. The van der Waals surface area contributed by atoms with Gasteiger partial charge in [-0.2, -0.15) is 0 Å². The molecule has 0 saturated heterocycles. The fraction of sp³-hybridized carbons (Fsp3) is 0.593. The van der Waals surface area contributed by atoms with E-state index in [0.29, 0.717) is 11.8 Å². The van der Waals surface area contributed by atoms with Gasteiger partial charge in [0.15, 0.2) is 0 Å². The standard InChI is InChI=1S/C54H72O2P2/c1-7-21-41(22-8-1)47-33-35-51-53(49(47)39-57(43-25-11-3-12-26-43)44-27-13-4-14-28-44)54-50(40-58(45-29-15-5-16-30-45)46-31-17-6-18-32-46)48(42-23-9-2-10-24-42)34-36-52(54)56-38-20-19-37-55-51/h1-2,7-10,21-24,33-36,43-47,49H,3-6,11-20,25-32,37-40H2. The van der Waals surface area contributed by atoms with Crippen molar-refractivity contribution in [2.75, 3.05) is 19.4 Å². The molecule has 4 saturated carbocycles. The van der Waals surface area contributed by atoms with Gasteiger partial charge in [-0.1, -0.05) is 166 Å². The predicted molar refractivity (Wildman–Crippen MR) is 251 cm³/mol. The molecular formula is C54H72O2P2. The van der Waals surface area contributed by atoms with Crippen LogP contribution >= 0.6 is 15.8 Å². The first-order chi connectivity index (χ1) is 28.8. The van der Waals surface area contributed by atoms with Crippen LogP contribution in [0.2, 0.25) is 0 Å². The lowest BCUT2D eigenvalue weighted by Crippen LogP contribution is -2.29. The quantitative estimate of drug-likeness (QED) is 0.190. The van der Waals surface area contributed by atoms with E-state index in [1.165, 1.54) is 169 Å². The van der Waals surface area contributed by atoms with Crippen LogP contribution in [0, 0.1) is 5.92 Å². The van der Waals surface area contributed by atoms with E-state index in [2.05, 4.69) is 84.9 Å². The number of rotatable bonds is 10. The normalized spacial score (nSPS) is 24.6. The van der Waals surface area contributed by atoms with E-state index < -0.39 is 0 Å². The summed E-state index contributed by atoms with van der Waals surface area (Å²) < 4.78 is 14.3. The smallest absolute Gasteiger partial charge is 0.127 e. The van der Waals surface area contributed by atoms with E-state index in [-0.39, 0.29) is 15.8 Å². The van der Waals surface area contributed by atoms with Gasteiger partial charge < -0.3 is 9.47 Å². The van der Waals surface area contributed by atoms with Crippen molar-refractivity contribution in [1.82, 2.24) is 0 Å². The molecule has 3 aromatic carbocycles. The molecule has 9 rings (SSSR count). The van der Waals surface area contributed by atoms with Crippen molar-refractivity contribution in [2.24, 2.45) is 5.92 Å². The zero-order valence-corrected chi connectivity index (χ0v) is 37.4. The predicted octanol–water partition coefficient (Wildman–Crippen LogP) is 16.0. The van der Waals surface area contributed by atoms with Gasteiger partial charge in [0.2, 0.25) is 0 Å². The van der Waals surface area contributed by atoms with Gasteiger partial charge in [-0.05, 0) is 134 Å². The molecule has 0 amide bonds. The van der Waals surface area contributed by atoms with Crippen LogP contribution in [0.15, 0.2) is 90.7 Å². The van der Waals surface area contributed by atoms with E-state index >= 15 is 0 Å². The minimum atomic E-state index is -0.186. The fourth-order valence-corrected chi connectivity index (χ4v) is 20.3. The maximum atomic E-state index is 7.15. The van der Waals surface area contributed by atoms with Gasteiger partial charge >= 0.3 is 0 Å². The van der Waals surface area contributed by atoms with Crippen LogP contribution in [0.1, 0.15) is 164 Å². The largest absolute Gasteiger partial charge is 0.493 e. The summed E-state index contributed by atoms with van der Waals surface area (Å²) in [6, 6.07) is 28.0. The van der Waals surface area contributed by atoms with Gasteiger partial charge in [-0.15, -0.1) is 0 Å². The molecule has 5 aliphatic carbocycles. The molecule has 1 heterocycles. The van der Waals surface area contributed by atoms with Gasteiger partial charge in [0.05, 0.1) is 13.2 Å². The molecule has 2 nitrogen and oxygen atoms in total. The summed E-state index contributed by atoms with van der Waals surface area (Å²) in [5.41, 5.74) is 12.5. The van der Waals surface area contributed by atoms with Crippen molar-refractivity contribution in [2.45, 2.75) is 176 Å². The molecule has 0 radical (unpaired) electrons. The van der Waals surface area contributed by atoms with Crippen molar-refractivity contribution < 1.29 is 9.47 Å². The molecule has 0 aromatic heterocycles. The van der Waals surface area contributed by atoms with Crippen molar-refractivity contribution in [3.63, 3.8) is 0 Å². The third-order valence-corrected chi connectivity index (χ3v) is 22.6. The maximum Gasteiger partial charge on any atom is 0.127 e. The Morgan fingerprint density at radius 3 is 1.59 bits per heavy atom. The summed E-state index contributed by atoms with van der Waals surface area (Å²) >= 11 is 0. The summed E-state index contributed by atoms with van der Waals surface area (Å²) in [6.45, 7) is 1.54. The second-order valence-corrected chi connectivity index (χ2v) is 24.6. The van der Waals surface area contributed by atoms with E-state index in [1.54, 1.807) is 5.56 Å². The highest BCUT2D eigenvalue weighted by Crippen LogP contribution is 2.63. The minimum Gasteiger partial charge on any atom is -0.493 e. The molecule has 0 bridgehead atoms.